The number of aromatic nitrogens is 1. The molecule has 0 aliphatic rings. The molecule has 0 saturated heterocycles. The van der Waals surface area contributed by atoms with E-state index in [1.807, 2.05) is 42.5 Å². The van der Waals surface area contributed by atoms with Gasteiger partial charge in [-0.3, -0.25) is 4.79 Å². The minimum absolute atomic E-state index is 0.252. The average Bonchev–Trinajstić information content (AvgIpc) is 2.98. The zero-order valence-electron chi connectivity index (χ0n) is 12.9. The minimum Gasteiger partial charge on any atom is -0.350 e. The largest absolute Gasteiger partial charge is 0.350 e. The van der Waals surface area contributed by atoms with Crippen LogP contribution in [0.25, 0.3) is 10.2 Å². The van der Waals surface area contributed by atoms with E-state index in [1.54, 1.807) is 13.0 Å². The van der Waals surface area contributed by atoms with Gasteiger partial charge >= 0.3 is 0 Å². The van der Waals surface area contributed by atoms with E-state index in [0.29, 0.717) is 10.2 Å². The Morgan fingerprint density at radius 3 is 2.79 bits per heavy atom. The summed E-state index contributed by atoms with van der Waals surface area (Å²) >= 11 is 7.53. The van der Waals surface area contributed by atoms with E-state index in [-0.39, 0.29) is 5.91 Å². The maximum Gasteiger partial charge on any atom is 0.262 e. The normalized spacial score (nSPS) is 12.4. The topological polar surface area (TPSA) is 66.4 Å². The summed E-state index contributed by atoms with van der Waals surface area (Å²) in [5, 5.41) is 8.31. The molecule has 1 amide bonds. The fourth-order valence-corrected chi connectivity index (χ4v) is 3.16. The monoisotopic (exact) mass is 358 g/mol. The lowest BCUT2D eigenvalue weighted by Crippen LogP contribution is -2.34. The van der Waals surface area contributed by atoms with Crippen molar-refractivity contribution in [3.05, 3.63) is 59.1 Å². The van der Waals surface area contributed by atoms with Crippen LogP contribution in [0, 0.1) is 0 Å². The van der Waals surface area contributed by atoms with Crippen LogP contribution in [0.5, 0.6) is 0 Å². The third kappa shape index (κ3) is 3.90. The standard InChI is InChI=1S/C17H15ClN4OS/c1-11(20-17-21-14-8-4-5-9-15(14)24-17)16(23)22-19-10-12-6-2-3-7-13(12)18/h2-11H,1H3,(H,20,21)(H,22,23)/b19-10-/t11-/m0/s1. The van der Waals surface area contributed by atoms with Gasteiger partial charge in [0.2, 0.25) is 0 Å². The van der Waals surface area contributed by atoms with Crippen LogP contribution in [0.4, 0.5) is 5.13 Å². The number of rotatable bonds is 5. The minimum atomic E-state index is -0.464. The van der Waals surface area contributed by atoms with Crippen molar-refractivity contribution < 1.29 is 4.79 Å². The van der Waals surface area contributed by atoms with Crippen LogP contribution in [-0.4, -0.2) is 23.1 Å². The van der Waals surface area contributed by atoms with Crippen molar-refractivity contribution >= 4 is 50.4 Å². The first-order valence-corrected chi connectivity index (χ1v) is 8.52. The highest BCUT2D eigenvalue weighted by Gasteiger charge is 2.14. The van der Waals surface area contributed by atoms with E-state index in [9.17, 15) is 4.79 Å². The summed E-state index contributed by atoms with van der Waals surface area (Å²) in [5.41, 5.74) is 4.15. The zero-order chi connectivity index (χ0) is 16.9. The van der Waals surface area contributed by atoms with Crippen LogP contribution in [-0.2, 0) is 4.79 Å². The number of carbonyl (C=O) groups excluding carboxylic acids is 1. The molecule has 0 saturated carbocycles. The van der Waals surface area contributed by atoms with E-state index < -0.39 is 6.04 Å². The summed E-state index contributed by atoms with van der Waals surface area (Å²) < 4.78 is 1.07. The predicted octanol–water partition coefficient (Wildman–Crippen LogP) is 3.90. The van der Waals surface area contributed by atoms with Crippen LogP contribution in [0.1, 0.15) is 12.5 Å². The third-order valence-corrected chi connectivity index (χ3v) is 4.62. The van der Waals surface area contributed by atoms with Gasteiger partial charge in [-0.05, 0) is 25.1 Å². The number of amides is 1. The smallest absolute Gasteiger partial charge is 0.262 e. The number of nitrogens with zero attached hydrogens (tertiary/aromatic N) is 2. The molecule has 1 atom stereocenters. The van der Waals surface area contributed by atoms with Crippen molar-refractivity contribution in [2.24, 2.45) is 5.10 Å². The molecule has 1 heterocycles. The number of hydrogen-bond acceptors (Lipinski definition) is 5. The zero-order valence-corrected chi connectivity index (χ0v) is 14.4. The second kappa shape index (κ2) is 7.42. The van der Waals surface area contributed by atoms with Gasteiger partial charge in [0, 0.05) is 10.6 Å². The second-order valence-corrected chi connectivity index (χ2v) is 6.55. The van der Waals surface area contributed by atoms with Crippen molar-refractivity contribution in [2.45, 2.75) is 13.0 Å². The molecule has 3 aromatic rings. The quantitative estimate of drug-likeness (QED) is 0.537. The number of nitrogens with one attached hydrogen (secondary N) is 2. The second-order valence-electron chi connectivity index (χ2n) is 5.11. The highest BCUT2D eigenvalue weighted by Crippen LogP contribution is 2.25. The average molecular weight is 359 g/mol. The molecule has 2 N–H and O–H groups in total. The molecule has 2 aromatic carbocycles. The van der Waals surface area contributed by atoms with Crippen molar-refractivity contribution in [1.29, 1.82) is 0 Å². The number of fused-ring (bicyclic) bond motifs is 1. The van der Waals surface area contributed by atoms with Crippen molar-refractivity contribution in [3.63, 3.8) is 0 Å². The van der Waals surface area contributed by atoms with Crippen LogP contribution in [0.15, 0.2) is 53.6 Å². The SMILES string of the molecule is C[C@H](Nc1nc2ccccc2s1)C(=O)N/N=C\c1ccccc1Cl. The molecule has 7 heteroatoms. The first kappa shape index (κ1) is 16.4. The Balaban J connectivity index is 1.59. The predicted molar refractivity (Wildman–Crippen MR) is 99.9 cm³/mol. The van der Waals surface area contributed by atoms with Gasteiger partial charge in [-0.15, -0.1) is 0 Å². The molecule has 0 aliphatic heterocycles. The van der Waals surface area contributed by atoms with Gasteiger partial charge in [-0.1, -0.05) is 53.3 Å². The summed E-state index contributed by atoms with van der Waals surface area (Å²) in [4.78, 5) is 16.5. The van der Waals surface area contributed by atoms with Crippen molar-refractivity contribution in [3.8, 4) is 0 Å². The molecule has 24 heavy (non-hydrogen) atoms. The lowest BCUT2D eigenvalue weighted by Gasteiger charge is -2.10. The molecule has 1 aromatic heterocycles. The van der Waals surface area contributed by atoms with Crippen molar-refractivity contribution in [2.75, 3.05) is 5.32 Å². The summed E-state index contributed by atoms with van der Waals surface area (Å²) in [6, 6.07) is 14.6. The van der Waals surface area contributed by atoms with Gasteiger partial charge in [-0.25, -0.2) is 10.4 Å². The molecular weight excluding hydrogens is 344 g/mol. The summed E-state index contributed by atoms with van der Waals surface area (Å²) in [5.74, 6) is -0.252. The van der Waals surface area contributed by atoms with E-state index in [0.717, 1.165) is 15.8 Å². The van der Waals surface area contributed by atoms with Crippen molar-refractivity contribution in [1.82, 2.24) is 10.4 Å². The molecule has 5 nitrogen and oxygen atoms in total. The summed E-state index contributed by atoms with van der Waals surface area (Å²) in [7, 11) is 0. The molecule has 3 rings (SSSR count). The Bertz CT molecular complexity index is 860. The molecule has 0 radical (unpaired) electrons. The van der Waals surface area contributed by atoms with Gasteiger partial charge in [0.05, 0.1) is 16.4 Å². The maximum absolute atomic E-state index is 12.1. The number of halogens is 1. The number of carbonyl (C=O) groups is 1. The maximum atomic E-state index is 12.1. The lowest BCUT2D eigenvalue weighted by atomic mass is 10.2. The van der Waals surface area contributed by atoms with E-state index in [1.165, 1.54) is 17.6 Å². The number of para-hydroxylation sites is 1. The Labute approximate surface area is 148 Å². The van der Waals surface area contributed by atoms with Gasteiger partial charge < -0.3 is 5.32 Å². The fourth-order valence-electron chi connectivity index (χ4n) is 2.03. The summed E-state index contributed by atoms with van der Waals surface area (Å²) in [6.07, 6.45) is 1.52. The highest BCUT2D eigenvalue weighted by atomic mass is 35.5. The first-order chi connectivity index (χ1) is 11.6. The van der Waals surface area contributed by atoms with E-state index in [2.05, 4.69) is 20.8 Å². The van der Waals surface area contributed by atoms with Crippen LogP contribution < -0.4 is 10.7 Å². The molecule has 0 fully saturated rings. The van der Waals surface area contributed by atoms with Gasteiger partial charge in [-0.2, -0.15) is 5.10 Å². The van der Waals surface area contributed by atoms with Gasteiger partial charge in [0.15, 0.2) is 5.13 Å². The molecular formula is C17H15ClN4OS. The van der Waals surface area contributed by atoms with Crippen LogP contribution in [0.3, 0.4) is 0 Å². The first-order valence-electron chi connectivity index (χ1n) is 7.33. The number of hydrazone groups is 1. The van der Waals surface area contributed by atoms with Crippen LogP contribution >= 0.6 is 22.9 Å². The highest BCUT2D eigenvalue weighted by molar-refractivity contribution is 7.22. The van der Waals surface area contributed by atoms with Gasteiger partial charge in [0.1, 0.15) is 6.04 Å². The van der Waals surface area contributed by atoms with Crippen LogP contribution in [0.2, 0.25) is 5.02 Å². The number of hydrogen-bond donors (Lipinski definition) is 2. The molecule has 0 unspecified atom stereocenters. The molecule has 0 spiro atoms. The Morgan fingerprint density at radius 2 is 2.00 bits per heavy atom. The Hall–Kier alpha value is -2.44. The van der Waals surface area contributed by atoms with E-state index >= 15 is 0 Å². The van der Waals surface area contributed by atoms with E-state index in [4.69, 9.17) is 11.6 Å². The molecule has 0 aliphatic carbocycles. The third-order valence-electron chi connectivity index (χ3n) is 3.31. The van der Waals surface area contributed by atoms with Gasteiger partial charge in [0.25, 0.3) is 5.91 Å². The number of anilines is 1. The molecule has 0 bridgehead atoms. The summed E-state index contributed by atoms with van der Waals surface area (Å²) in [6.45, 7) is 1.76. The fraction of sp³-hybridized carbons (Fsp3) is 0.118. The Kier molecular flexibility index (Phi) is 5.08. The lowest BCUT2D eigenvalue weighted by molar-refractivity contribution is -0.121. The number of thiazole rings is 1. The number of benzene rings is 2. The Morgan fingerprint density at radius 1 is 1.25 bits per heavy atom. The molecule has 122 valence electrons.